The predicted octanol–water partition coefficient (Wildman–Crippen LogP) is 9.08. The fourth-order valence-electron chi connectivity index (χ4n) is 5.03. The molecular formula is C33H33. The molecule has 0 aromatic heterocycles. The van der Waals surface area contributed by atoms with Crippen molar-refractivity contribution in [3.63, 3.8) is 0 Å². The summed E-state index contributed by atoms with van der Waals surface area (Å²) in [5.41, 5.74) is 13.5. The second-order valence-electron chi connectivity index (χ2n) is 9.42. The number of aryl methyl sites for hydroxylation is 2. The number of rotatable bonds is 8. The lowest BCUT2D eigenvalue weighted by Crippen LogP contribution is -1.88. The summed E-state index contributed by atoms with van der Waals surface area (Å²) in [7, 11) is 0. The molecule has 0 spiro atoms. The average Bonchev–Trinajstić information content (AvgIpc) is 3.23. The summed E-state index contributed by atoms with van der Waals surface area (Å²) in [5.74, 6) is 0. The molecule has 33 heavy (non-hydrogen) atoms. The maximum absolute atomic E-state index is 3.76. The van der Waals surface area contributed by atoms with Crippen LogP contribution in [0.4, 0.5) is 0 Å². The van der Waals surface area contributed by atoms with Crippen molar-refractivity contribution >= 4 is 0 Å². The van der Waals surface area contributed by atoms with Crippen LogP contribution in [-0.4, -0.2) is 0 Å². The smallest absolute Gasteiger partial charge is 0.000684 e. The molecule has 0 fully saturated rings. The van der Waals surface area contributed by atoms with Crippen LogP contribution in [0.25, 0.3) is 33.4 Å². The van der Waals surface area contributed by atoms with Crippen molar-refractivity contribution in [3.8, 4) is 33.4 Å². The molecule has 0 heteroatoms. The molecule has 0 atom stereocenters. The van der Waals surface area contributed by atoms with Gasteiger partial charge in [0.25, 0.3) is 0 Å². The van der Waals surface area contributed by atoms with Gasteiger partial charge in [-0.25, -0.2) is 0 Å². The first kappa shape index (κ1) is 21.7. The van der Waals surface area contributed by atoms with E-state index in [0.717, 1.165) is 19.3 Å². The van der Waals surface area contributed by atoms with Crippen molar-refractivity contribution in [2.24, 2.45) is 0 Å². The van der Waals surface area contributed by atoms with Gasteiger partial charge in [0, 0.05) is 0 Å². The van der Waals surface area contributed by atoms with E-state index in [2.05, 4.69) is 98.8 Å². The molecule has 0 unspecified atom stereocenters. The van der Waals surface area contributed by atoms with Crippen LogP contribution in [0.2, 0.25) is 0 Å². The third-order valence-electron chi connectivity index (χ3n) is 6.93. The molecule has 0 saturated heterocycles. The Morgan fingerprint density at radius 3 is 2.00 bits per heavy atom. The van der Waals surface area contributed by atoms with Crippen LogP contribution >= 0.6 is 0 Å². The predicted molar refractivity (Wildman–Crippen MR) is 142 cm³/mol. The van der Waals surface area contributed by atoms with Crippen molar-refractivity contribution in [2.75, 3.05) is 0 Å². The number of hydrogen-bond donors (Lipinski definition) is 0. The Hall–Kier alpha value is -3.12. The molecule has 0 nitrogen and oxygen atoms in total. The molecule has 4 aromatic rings. The summed E-state index contributed by atoms with van der Waals surface area (Å²) in [5, 5.41) is 0. The summed E-state index contributed by atoms with van der Waals surface area (Å²) in [6.07, 6.45) is 8.26. The first-order valence-electron chi connectivity index (χ1n) is 12.6. The van der Waals surface area contributed by atoms with Gasteiger partial charge in [-0.15, -0.1) is 0 Å². The third kappa shape index (κ3) is 4.67. The van der Waals surface area contributed by atoms with Gasteiger partial charge in [0.15, 0.2) is 0 Å². The lowest BCUT2D eigenvalue weighted by molar-refractivity contribution is 0.795. The number of benzene rings is 4. The van der Waals surface area contributed by atoms with Crippen molar-refractivity contribution in [2.45, 2.75) is 58.8 Å². The highest BCUT2D eigenvalue weighted by atomic mass is 14.2. The zero-order valence-corrected chi connectivity index (χ0v) is 20.0. The van der Waals surface area contributed by atoms with Crippen LogP contribution < -0.4 is 0 Å². The van der Waals surface area contributed by atoms with E-state index in [9.17, 15) is 0 Å². The number of hydrogen-bond acceptors (Lipinski definition) is 0. The van der Waals surface area contributed by atoms with E-state index in [1.807, 2.05) is 0 Å². The topological polar surface area (TPSA) is 0 Å². The molecule has 0 N–H and O–H groups in total. The Morgan fingerprint density at radius 2 is 1.27 bits per heavy atom. The standard InChI is InChI=1S/C33H33/c1-3-5-9-24-11-7-13-26(19-24)28-15-17-32-30(21-28)23-31-22-29(16-18-33(31)32)27-14-8-12-25(20-27)10-6-4-2/h7-8,11-21H,3-6,9-10,23H2,1-2H3. The van der Waals surface area contributed by atoms with E-state index in [-0.39, 0.29) is 0 Å². The van der Waals surface area contributed by atoms with Gasteiger partial charge in [-0.3, -0.25) is 0 Å². The molecular weight excluding hydrogens is 396 g/mol. The first-order chi connectivity index (χ1) is 16.2. The quantitative estimate of drug-likeness (QED) is 0.231. The minimum Gasteiger partial charge on any atom is -0.0654 e. The fourth-order valence-corrected chi connectivity index (χ4v) is 5.03. The number of unbranched alkanes of at least 4 members (excludes halogenated alkanes) is 2. The largest absolute Gasteiger partial charge is 0.0654 e. The van der Waals surface area contributed by atoms with Gasteiger partial charge in [-0.2, -0.15) is 0 Å². The van der Waals surface area contributed by atoms with E-state index in [4.69, 9.17) is 0 Å². The second-order valence-corrected chi connectivity index (χ2v) is 9.42. The Labute approximate surface area is 199 Å². The highest BCUT2D eigenvalue weighted by molar-refractivity contribution is 5.82. The molecule has 1 aliphatic rings. The lowest BCUT2D eigenvalue weighted by Gasteiger charge is -2.08. The van der Waals surface area contributed by atoms with Crippen LogP contribution in [0.1, 0.15) is 61.8 Å². The van der Waals surface area contributed by atoms with Crippen molar-refractivity contribution in [1.29, 1.82) is 0 Å². The summed E-state index contributed by atoms with van der Waals surface area (Å²) < 4.78 is 0. The summed E-state index contributed by atoms with van der Waals surface area (Å²) in [4.78, 5) is 0. The molecule has 0 saturated carbocycles. The van der Waals surface area contributed by atoms with Crippen LogP contribution in [0.15, 0.2) is 78.9 Å². The van der Waals surface area contributed by atoms with E-state index >= 15 is 0 Å². The minimum absolute atomic E-state index is 0.970. The van der Waals surface area contributed by atoms with Crippen LogP contribution in [0.3, 0.4) is 0 Å². The maximum Gasteiger partial charge on any atom is -0.000684 e. The molecule has 0 heterocycles. The summed E-state index contributed by atoms with van der Waals surface area (Å²) >= 11 is 0. The van der Waals surface area contributed by atoms with Gasteiger partial charge in [0.05, 0.1) is 0 Å². The summed E-state index contributed by atoms with van der Waals surface area (Å²) in [6.45, 7) is 4.51. The molecule has 5 rings (SSSR count). The van der Waals surface area contributed by atoms with Crippen molar-refractivity contribution < 1.29 is 0 Å². The Balaban J connectivity index is 1.41. The van der Waals surface area contributed by atoms with E-state index in [1.54, 1.807) is 0 Å². The van der Waals surface area contributed by atoms with Crippen LogP contribution in [-0.2, 0) is 19.3 Å². The molecule has 1 radical (unpaired) electrons. The fraction of sp³-hybridized carbons (Fsp3) is 0.273. The van der Waals surface area contributed by atoms with E-state index in [0.29, 0.717) is 0 Å². The van der Waals surface area contributed by atoms with Gasteiger partial charge >= 0.3 is 0 Å². The zero-order valence-electron chi connectivity index (χ0n) is 20.0. The van der Waals surface area contributed by atoms with E-state index in [1.165, 1.54) is 81.3 Å². The molecule has 0 aliphatic heterocycles. The Kier molecular flexibility index (Phi) is 6.44. The number of fused-ring (bicyclic) bond motifs is 3. The zero-order chi connectivity index (χ0) is 22.6. The first-order valence-corrected chi connectivity index (χ1v) is 12.6. The Bertz CT molecular complexity index is 1160. The van der Waals surface area contributed by atoms with Gasteiger partial charge in [0.2, 0.25) is 0 Å². The SMILES string of the molecule is CCCCc1cccc(-c2[c]c3c(cc2)-c2ccc(-c4cccc(CCCC)c4)cc2C3)c1. The van der Waals surface area contributed by atoms with Gasteiger partial charge in [-0.1, -0.05) is 106 Å². The maximum atomic E-state index is 3.76. The summed E-state index contributed by atoms with van der Waals surface area (Å²) in [6, 6.07) is 33.4. The average molecular weight is 430 g/mol. The van der Waals surface area contributed by atoms with E-state index < -0.39 is 0 Å². The molecule has 165 valence electrons. The third-order valence-corrected chi connectivity index (χ3v) is 6.93. The second kappa shape index (κ2) is 9.79. The minimum atomic E-state index is 0.970. The van der Waals surface area contributed by atoms with Crippen LogP contribution in [0.5, 0.6) is 0 Å². The molecule has 0 amide bonds. The Morgan fingerprint density at radius 1 is 0.636 bits per heavy atom. The highest BCUT2D eigenvalue weighted by Gasteiger charge is 2.20. The normalized spacial score (nSPS) is 11.9. The molecule has 1 aliphatic carbocycles. The van der Waals surface area contributed by atoms with Crippen molar-refractivity contribution in [3.05, 3.63) is 107 Å². The van der Waals surface area contributed by atoms with Gasteiger partial charge in [0.1, 0.15) is 0 Å². The van der Waals surface area contributed by atoms with Crippen molar-refractivity contribution in [1.82, 2.24) is 0 Å². The van der Waals surface area contributed by atoms with Gasteiger partial charge < -0.3 is 0 Å². The molecule has 4 aromatic carbocycles. The lowest BCUT2D eigenvalue weighted by atomic mass is 9.96. The van der Waals surface area contributed by atoms with Gasteiger partial charge in [-0.05, 0) is 93.8 Å². The molecule has 0 bridgehead atoms. The highest BCUT2D eigenvalue weighted by Crippen LogP contribution is 2.40. The van der Waals surface area contributed by atoms with Crippen LogP contribution in [0, 0.1) is 6.07 Å². The monoisotopic (exact) mass is 429 g/mol.